The van der Waals surface area contributed by atoms with Gasteiger partial charge in [-0.05, 0) is 37.5 Å². The summed E-state index contributed by atoms with van der Waals surface area (Å²) in [6, 6.07) is 5.17. The molecule has 24 heavy (non-hydrogen) atoms. The van der Waals surface area contributed by atoms with E-state index in [2.05, 4.69) is 9.97 Å². The standard InChI is InChI=1S/C17H20N4O3/c22-15(11-2-3-11)20-6-1-7-21(9-8-20)16(23)12-4-5-13-14(10-12)19-17(24)18-13/h4-5,10-11H,1-3,6-9H2,(H2,18,19,24). The number of imidazole rings is 1. The van der Waals surface area contributed by atoms with Gasteiger partial charge in [-0.25, -0.2) is 4.79 Å². The van der Waals surface area contributed by atoms with Crippen LogP contribution in [-0.2, 0) is 4.79 Å². The Balaban J connectivity index is 1.48. The number of fused-ring (bicyclic) bond motifs is 1. The van der Waals surface area contributed by atoms with E-state index in [1.807, 2.05) is 4.90 Å². The molecule has 2 N–H and O–H groups in total. The number of carbonyl (C=O) groups excluding carboxylic acids is 2. The van der Waals surface area contributed by atoms with Gasteiger partial charge in [0.05, 0.1) is 11.0 Å². The molecular formula is C17H20N4O3. The van der Waals surface area contributed by atoms with Gasteiger partial charge < -0.3 is 19.8 Å². The molecule has 0 bridgehead atoms. The highest BCUT2D eigenvalue weighted by molar-refractivity contribution is 5.97. The molecule has 0 atom stereocenters. The summed E-state index contributed by atoms with van der Waals surface area (Å²) in [7, 11) is 0. The lowest BCUT2D eigenvalue weighted by Gasteiger charge is -2.22. The highest BCUT2D eigenvalue weighted by atomic mass is 16.2. The Labute approximate surface area is 138 Å². The molecule has 7 nitrogen and oxygen atoms in total. The van der Waals surface area contributed by atoms with Crippen LogP contribution in [0.25, 0.3) is 11.0 Å². The van der Waals surface area contributed by atoms with Crippen LogP contribution in [0.15, 0.2) is 23.0 Å². The summed E-state index contributed by atoms with van der Waals surface area (Å²) in [6.45, 7) is 2.53. The number of benzene rings is 1. The van der Waals surface area contributed by atoms with Crippen molar-refractivity contribution in [2.24, 2.45) is 5.92 Å². The third-order valence-corrected chi connectivity index (χ3v) is 4.78. The van der Waals surface area contributed by atoms with E-state index in [1.54, 1.807) is 23.1 Å². The van der Waals surface area contributed by atoms with Crippen LogP contribution in [0.5, 0.6) is 0 Å². The number of aromatic amines is 2. The molecule has 1 saturated carbocycles. The second kappa shape index (κ2) is 5.81. The van der Waals surface area contributed by atoms with E-state index in [9.17, 15) is 14.4 Å². The van der Waals surface area contributed by atoms with Crippen LogP contribution in [0, 0.1) is 5.92 Å². The fraction of sp³-hybridized carbons (Fsp3) is 0.471. The monoisotopic (exact) mass is 328 g/mol. The van der Waals surface area contributed by atoms with Gasteiger partial charge in [-0.1, -0.05) is 0 Å². The first-order chi connectivity index (χ1) is 11.6. The van der Waals surface area contributed by atoms with Crippen molar-refractivity contribution < 1.29 is 9.59 Å². The molecule has 1 aliphatic carbocycles. The molecule has 2 aromatic rings. The highest BCUT2D eigenvalue weighted by Gasteiger charge is 2.34. The predicted molar refractivity (Wildman–Crippen MR) is 88.7 cm³/mol. The maximum absolute atomic E-state index is 12.7. The quantitative estimate of drug-likeness (QED) is 0.860. The highest BCUT2D eigenvalue weighted by Crippen LogP contribution is 2.31. The number of aromatic nitrogens is 2. The summed E-state index contributed by atoms with van der Waals surface area (Å²) >= 11 is 0. The summed E-state index contributed by atoms with van der Waals surface area (Å²) in [5.74, 6) is 0.412. The van der Waals surface area contributed by atoms with Gasteiger partial charge in [-0.15, -0.1) is 0 Å². The number of hydrogen-bond donors (Lipinski definition) is 2. The van der Waals surface area contributed by atoms with Crippen LogP contribution in [0.2, 0.25) is 0 Å². The molecule has 0 spiro atoms. The number of carbonyl (C=O) groups is 2. The molecule has 0 radical (unpaired) electrons. The second-order valence-corrected chi connectivity index (χ2v) is 6.58. The number of hydrogen-bond acceptors (Lipinski definition) is 3. The van der Waals surface area contributed by atoms with Crippen molar-refractivity contribution in [3.8, 4) is 0 Å². The van der Waals surface area contributed by atoms with E-state index < -0.39 is 0 Å². The molecule has 1 aromatic heterocycles. The van der Waals surface area contributed by atoms with Crippen molar-refractivity contribution in [3.05, 3.63) is 34.2 Å². The van der Waals surface area contributed by atoms with Crippen LogP contribution in [0.1, 0.15) is 29.6 Å². The Hall–Kier alpha value is -2.57. The van der Waals surface area contributed by atoms with Gasteiger partial charge in [0.1, 0.15) is 0 Å². The van der Waals surface area contributed by atoms with Crippen LogP contribution in [0.4, 0.5) is 0 Å². The fourth-order valence-corrected chi connectivity index (χ4v) is 3.28. The van der Waals surface area contributed by atoms with E-state index in [1.165, 1.54) is 0 Å². The normalized spacial score (nSPS) is 18.7. The van der Waals surface area contributed by atoms with Gasteiger partial charge >= 0.3 is 5.69 Å². The van der Waals surface area contributed by atoms with Crippen molar-refractivity contribution in [2.45, 2.75) is 19.3 Å². The lowest BCUT2D eigenvalue weighted by Crippen LogP contribution is -2.37. The van der Waals surface area contributed by atoms with E-state index in [0.29, 0.717) is 36.2 Å². The molecule has 7 heteroatoms. The molecule has 1 aromatic carbocycles. The number of amides is 2. The molecule has 4 rings (SSSR count). The van der Waals surface area contributed by atoms with Gasteiger partial charge in [-0.2, -0.15) is 0 Å². The van der Waals surface area contributed by atoms with Crippen LogP contribution < -0.4 is 5.69 Å². The van der Waals surface area contributed by atoms with E-state index >= 15 is 0 Å². The average Bonchev–Trinajstić information content (AvgIpc) is 3.37. The van der Waals surface area contributed by atoms with Gasteiger partial charge in [-0.3, -0.25) is 9.59 Å². The summed E-state index contributed by atoms with van der Waals surface area (Å²) in [5, 5.41) is 0. The fourth-order valence-electron chi connectivity index (χ4n) is 3.28. The minimum Gasteiger partial charge on any atom is -0.341 e. The zero-order valence-electron chi connectivity index (χ0n) is 13.4. The average molecular weight is 328 g/mol. The summed E-state index contributed by atoms with van der Waals surface area (Å²) < 4.78 is 0. The van der Waals surface area contributed by atoms with E-state index in [-0.39, 0.29) is 23.4 Å². The molecule has 2 heterocycles. The molecule has 2 amide bonds. The largest absolute Gasteiger partial charge is 0.341 e. The zero-order chi connectivity index (χ0) is 16.7. The minimum atomic E-state index is -0.279. The summed E-state index contributed by atoms with van der Waals surface area (Å²) in [4.78, 5) is 45.3. The number of H-pyrrole nitrogens is 2. The first kappa shape index (κ1) is 15.0. The Kier molecular flexibility index (Phi) is 3.63. The smallest absolute Gasteiger partial charge is 0.323 e. The topological polar surface area (TPSA) is 89.3 Å². The number of nitrogens with zero attached hydrogens (tertiary/aromatic N) is 2. The Bertz CT molecular complexity index is 849. The van der Waals surface area contributed by atoms with Gasteiger partial charge in [0.25, 0.3) is 5.91 Å². The Morgan fingerprint density at radius 2 is 1.67 bits per heavy atom. The molecule has 1 saturated heterocycles. The first-order valence-electron chi connectivity index (χ1n) is 8.42. The molecule has 0 unspecified atom stereocenters. The van der Waals surface area contributed by atoms with Crippen molar-refractivity contribution in [1.29, 1.82) is 0 Å². The summed E-state index contributed by atoms with van der Waals surface area (Å²) in [5.41, 5.74) is 1.60. The van der Waals surface area contributed by atoms with Crippen LogP contribution >= 0.6 is 0 Å². The van der Waals surface area contributed by atoms with Gasteiger partial charge in [0.15, 0.2) is 0 Å². The number of rotatable bonds is 2. The first-order valence-corrected chi connectivity index (χ1v) is 8.42. The van der Waals surface area contributed by atoms with Gasteiger partial charge in [0.2, 0.25) is 5.91 Å². The minimum absolute atomic E-state index is 0.0559. The van der Waals surface area contributed by atoms with Crippen molar-refractivity contribution in [2.75, 3.05) is 26.2 Å². The third kappa shape index (κ3) is 2.81. The predicted octanol–water partition coefficient (Wildman–Crippen LogP) is 0.941. The maximum Gasteiger partial charge on any atom is 0.323 e. The van der Waals surface area contributed by atoms with Crippen molar-refractivity contribution in [3.63, 3.8) is 0 Å². The Morgan fingerprint density at radius 3 is 2.46 bits per heavy atom. The lowest BCUT2D eigenvalue weighted by molar-refractivity contribution is -0.132. The molecular weight excluding hydrogens is 308 g/mol. The van der Waals surface area contributed by atoms with Crippen molar-refractivity contribution >= 4 is 22.8 Å². The molecule has 126 valence electrons. The molecule has 2 fully saturated rings. The number of nitrogens with one attached hydrogen (secondary N) is 2. The van der Waals surface area contributed by atoms with E-state index in [4.69, 9.17) is 0 Å². The van der Waals surface area contributed by atoms with Crippen LogP contribution in [0.3, 0.4) is 0 Å². The lowest BCUT2D eigenvalue weighted by atomic mass is 10.1. The zero-order valence-corrected chi connectivity index (χ0v) is 13.4. The maximum atomic E-state index is 12.7. The second-order valence-electron chi connectivity index (χ2n) is 6.58. The SMILES string of the molecule is O=C(c1ccc2[nH]c(=O)[nH]c2c1)N1CCCN(C(=O)C2CC2)CC1. The third-order valence-electron chi connectivity index (χ3n) is 4.78. The summed E-state index contributed by atoms with van der Waals surface area (Å²) in [6.07, 6.45) is 2.81. The molecule has 2 aliphatic rings. The van der Waals surface area contributed by atoms with Crippen LogP contribution in [-0.4, -0.2) is 57.8 Å². The Morgan fingerprint density at radius 1 is 0.958 bits per heavy atom. The molecule has 1 aliphatic heterocycles. The van der Waals surface area contributed by atoms with E-state index in [0.717, 1.165) is 25.8 Å². The van der Waals surface area contributed by atoms with Gasteiger partial charge in [0, 0.05) is 37.7 Å². The van der Waals surface area contributed by atoms with Crippen molar-refractivity contribution in [1.82, 2.24) is 19.8 Å².